The van der Waals surface area contributed by atoms with E-state index in [0.717, 1.165) is 43.5 Å². The lowest BCUT2D eigenvalue weighted by molar-refractivity contribution is 0.305. The summed E-state index contributed by atoms with van der Waals surface area (Å²) in [5.74, 6) is 3.24. The molecule has 2 aromatic heterocycles. The number of hydrogen-bond donors (Lipinski definition) is 2. The Balaban J connectivity index is 1.67. The van der Waals surface area contributed by atoms with Crippen LogP contribution in [0.4, 0.5) is 0 Å². The van der Waals surface area contributed by atoms with Crippen molar-refractivity contribution in [2.45, 2.75) is 58.2 Å². The molecule has 1 aliphatic heterocycles. The molecule has 0 amide bonds. The maximum absolute atomic E-state index is 4.87. The fraction of sp³-hybridized carbons (Fsp3) is 0.700. The van der Waals surface area contributed by atoms with Gasteiger partial charge in [0.2, 0.25) is 0 Å². The summed E-state index contributed by atoms with van der Waals surface area (Å²) in [7, 11) is 6.09. The monoisotopic (exact) mass is 401 g/mol. The Morgan fingerprint density at radius 3 is 2.79 bits per heavy atom. The first-order chi connectivity index (χ1) is 13.9. The molecule has 29 heavy (non-hydrogen) atoms. The summed E-state index contributed by atoms with van der Waals surface area (Å²) in [6.45, 7) is 8.66. The molecule has 2 N–H and O–H groups in total. The van der Waals surface area contributed by atoms with Gasteiger partial charge in [0, 0.05) is 43.7 Å². The highest BCUT2D eigenvalue weighted by atomic mass is 15.4. The van der Waals surface area contributed by atoms with Gasteiger partial charge in [-0.2, -0.15) is 10.2 Å². The van der Waals surface area contributed by atoms with E-state index in [1.54, 1.807) is 0 Å². The van der Waals surface area contributed by atoms with Crippen molar-refractivity contribution in [2.75, 3.05) is 27.2 Å². The second-order valence-corrected chi connectivity index (χ2v) is 8.25. The molecule has 0 fully saturated rings. The first-order valence-electron chi connectivity index (χ1n) is 10.5. The molecular formula is C20H35N9. The van der Waals surface area contributed by atoms with Crippen LogP contribution < -0.4 is 10.6 Å². The van der Waals surface area contributed by atoms with Gasteiger partial charge in [0.15, 0.2) is 11.8 Å². The topological polar surface area (TPSA) is 88.2 Å². The van der Waals surface area contributed by atoms with Gasteiger partial charge in [0.05, 0.1) is 25.3 Å². The summed E-state index contributed by atoms with van der Waals surface area (Å²) in [4.78, 5) is 11.7. The number of likely N-dealkylation sites (N-methyl/N-ethyl adjacent to an activating group) is 1. The smallest absolute Gasteiger partial charge is 0.191 e. The van der Waals surface area contributed by atoms with E-state index in [9.17, 15) is 0 Å². The van der Waals surface area contributed by atoms with Gasteiger partial charge in [0.25, 0.3) is 0 Å². The second kappa shape index (κ2) is 9.39. The van der Waals surface area contributed by atoms with Gasteiger partial charge in [-0.05, 0) is 27.4 Å². The van der Waals surface area contributed by atoms with Crippen molar-refractivity contribution < 1.29 is 0 Å². The number of hydrogen-bond acceptors (Lipinski definition) is 5. The quantitative estimate of drug-likeness (QED) is 0.537. The number of fused-ring (bicyclic) bond motifs is 1. The van der Waals surface area contributed by atoms with Crippen LogP contribution in [0.1, 0.15) is 56.4 Å². The molecule has 2 aromatic rings. The number of aromatic nitrogens is 5. The largest absolute Gasteiger partial charge is 0.357 e. The number of aliphatic imine (C=N–C) groups is 1. The summed E-state index contributed by atoms with van der Waals surface area (Å²) >= 11 is 0. The molecule has 0 saturated heterocycles. The van der Waals surface area contributed by atoms with Crippen LogP contribution in [0, 0.1) is 0 Å². The van der Waals surface area contributed by atoms with Crippen LogP contribution in [0.25, 0.3) is 0 Å². The highest BCUT2D eigenvalue weighted by Gasteiger charge is 2.23. The third kappa shape index (κ3) is 5.35. The van der Waals surface area contributed by atoms with Crippen LogP contribution in [0.5, 0.6) is 0 Å². The van der Waals surface area contributed by atoms with E-state index in [1.165, 1.54) is 5.56 Å². The SMILES string of the molecule is CCNC(=NCC(c1cnn(C)c1)N(C)C)NC1CCc2nc(C(C)C)nn2C1. The summed E-state index contributed by atoms with van der Waals surface area (Å²) in [6.07, 6.45) is 5.94. The van der Waals surface area contributed by atoms with Crippen molar-refractivity contribution in [3.8, 4) is 0 Å². The zero-order chi connectivity index (χ0) is 21.0. The number of nitrogens with zero attached hydrogens (tertiary/aromatic N) is 7. The van der Waals surface area contributed by atoms with Crippen molar-refractivity contribution in [3.63, 3.8) is 0 Å². The number of guanidine groups is 1. The van der Waals surface area contributed by atoms with Gasteiger partial charge in [-0.25, -0.2) is 9.67 Å². The predicted octanol–water partition coefficient (Wildman–Crippen LogP) is 1.31. The van der Waals surface area contributed by atoms with E-state index >= 15 is 0 Å². The average Bonchev–Trinajstić information content (AvgIpc) is 3.27. The molecule has 1 aliphatic rings. The maximum Gasteiger partial charge on any atom is 0.191 e. The Hall–Kier alpha value is -2.42. The highest BCUT2D eigenvalue weighted by Crippen LogP contribution is 2.19. The number of rotatable bonds is 7. The van der Waals surface area contributed by atoms with Gasteiger partial charge in [-0.1, -0.05) is 13.8 Å². The van der Waals surface area contributed by atoms with Gasteiger partial charge in [-0.3, -0.25) is 9.67 Å². The minimum Gasteiger partial charge on any atom is -0.357 e. The van der Waals surface area contributed by atoms with E-state index in [1.807, 2.05) is 17.9 Å². The van der Waals surface area contributed by atoms with Crippen molar-refractivity contribution in [2.24, 2.45) is 12.0 Å². The Morgan fingerprint density at radius 2 is 2.17 bits per heavy atom. The summed E-state index contributed by atoms with van der Waals surface area (Å²) in [5, 5.41) is 16.0. The standard InChI is InChI=1S/C20H35N9/c1-7-21-20(22-11-17(27(4)5)15-10-23-28(6)12-15)24-16-8-9-18-25-19(14(2)3)26-29(18)13-16/h10,12,14,16-17H,7-9,11,13H2,1-6H3,(H2,21,22,24). The zero-order valence-corrected chi connectivity index (χ0v) is 18.6. The van der Waals surface area contributed by atoms with Gasteiger partial charge >= 0.3 is 0 Å². The molecule has 0 aromatic carbocycles. The Morgan fingerprint density at radius 1 is 1.38 bits per heavy atom. The zero-order valence-electron chi connectivity index (χ0n) is 18.6. The lowest BCUT2D eigenvalue weighted by atomic mass is 10.1. The van der Waals surface area contributed by atoms with Gasteiger partial charge in [-0.15, -0.1) is 0 Å². The van der Waals surface area contributed by atoms with E-state index in [2.05, 4.69) is 76.5 Å². The van der Waals surface area contributed by atoms with Gasteiger partial charge in [0.1, 0.15) is 5.82 Å². The van der Waals surface area contributed by atoms with Crippen LogP contribution in [0.15, 0.2) is 17.4 Å². The third-order valence-electron chi connectivity index (χ3n) is 5.23. The molecule has 9 heteroatoms. The highest BCUT2D eigenvalue weighted by molar-refractivity contribution is 5.80. The molecule has 0 radical (unpaired) electrons. The van der Waals surface area contributed by atoms with Crippen LogP contribution in [0.3, 0.4) is 0 Å². The fourth-order valence-corrected chi connectivity index (χ4v) is 3.56. The van der Waals surface area contributed by atoms with Crippen molar-refractivity contribution >= 4 is 5.96 Å². The molecule has 3 rings (SSSR count). The fourth-order valence-electron chi connectivity index (χ4n) is 3.56. The summed E-state index contributed by atoms with van der Waals surface area (Å²) in [5.41, 5.74) is 1.17. The van der Waals surface area contributed by atoms with Crippen molar-refractivity contribution in [1.82, 2.24) is 40.1 Å². The first kappa shape index (κ1) is 21.3. The molecule has 0 bridgehead atoms. The molecule has 2 unspecified atom stereocenters. The molecular weight excluding hydrogens is 366 g/mol. The lowest BCUT2D eigenvalue weighted by Gasteiger charge is -2.26. The maximum atomic E-state index is 4.87. The van der Waals surface area contributed by atoms with E-state index < -0.39 is 0 Å². The van der Waals surface area contributed by atoms with Crippen molar-refractivity contribution in [3.05, 3.63) is 29.6 Å². The predicted molar refractivity (Wildman–Crippen MR) is 115 cm³/mol. The Labute approximate surface area is 173 Å². The minimum absolute atomic E-state index is 0.182. The summed E-state index contributed by atoms with van der Waals surface area (Å²) < 4.78 is 3.89. The first-order valence-corrected chi connectivity index (χ1v) is 10.5. The van der Waals surface area contributed by atoms with Crippen molar-refractivity contribution in [1.29, 1.82) is 0 Å². The molecule has 2 atom stereocenters. The van der Waals surface area contributed by atoms with Crippen LogP contribution >= 0.6 is 0 Å². The normalized spacial score (nSPS) is 18.2. The van der Waals surface area contributed by atoms with Crippen LogP contribution in [-0.4, -0.2) is 68.6 Å². The third-order valence-corrected chi connectivity index (χ3v) is 5.23. The average molecular weight is 402 g/mol. The van der Waals surface area contributed by atoms with Crippen LogP contribution in [-0.2, 0) is 20.0 Å². The van der Waals surface area contributed by atoms with E-state index in [-0.39, 0.29) is 6.04 Å². The lowest BCUT2D eigenvalue weighted by Crippen LogP contribution is -2.47. The van der Waals surface area contributed by atoms with Crippen LogP contribution in [0.2, 0.25) is 0 Å². The molecule has 0 aliphatic carbocycles. The molecule has 0 saturated carbocycles. The molecule has 9 nitrogen and oxygen atoms in total. The van der Waals surface area contributed by atoms with E-state index in [4.69, 9.17) is 4.99 Å². The molecule has 3 heterocycles. The Kier molecular flexibility index (Phi) is 6.89. The Bertz CT molecular complexity index is 818. The van der Waals surface area contributed by atoms with E-state index in [0.29, 0.717) is 18.5 Å². The summed E-state index contributed by atoms with van der Waals surface area (Å²) in [6, 6.07) is 0.472. The van der Waals surface area contributed by atoms with Gasteiger partial charge < -0.3 is 15.5 Å². The molecule has 160 valence electrons. The second-order valence-electron chi connectivity index (χ2n) is 8.25. The molecule has 0 spiro atoms. The number of nitrogens with one attached hydrogen (secondary N) is 2. The minimum atomic E-state index is 0.182. The number of aryl methyl sites for hydroxylation is 2.